The molecular weight excluding hydrogens is 221 g/mol. The van der Waals surface area contributed by atoms with E-state index in [4.69, 9.17) is 11.6 Å². The van der Waals surface area contributed by atoms with Gasteiger partial charge in [-0.1, -0.05) is 0 Å². The number of aromatic nitrogens is 2. The second-order valence-corrected chi connectivity index (χ2v) is 2.61. The van der Waals surface area contributed by atoms with Crippen molar-refractivity contribution >= 4 is 11.6 Å². The Morgan fingerprint density at radius 1 is 1.43 bits per heavy atom. The monoisotopic (exact) mass is 226 g/mol. The first-order valence-corrected chi connectivity index (χ1v) is 4.05. The topological polar surface area (TPSA) is 35.0 Å². The summed E-state index contributed by atoms with van der Waals surface area (Å²) in [4.78, 5) is 6.65. The van der Waals surface area contributed by atoms with Gasteiger partial charge in [-0.15, -0.1) is 11.6 Å². The van der Waals surface area contributed by atoms with Crippen molar-refractivity contribution < 1.29 is 17.9 Å². The van der Waals surface area contributed by atoms with Crippen molar-refractivity contribution in [1.82, 2.24) is 9.97 Å². The molecule has 0 fully saturated rings. The smallest absolute Gasteiger partial charge is 0.433 e. The number of halogens is 4. The average Bonchev–Trinajstić information content (AvgIpc) is 2.15. The van der Waals surface area contributed by atoms with Gasteiger partial charge in [0.1, 0.15) is 6.33 Å². The van der Waals surface area contributed by atoms with Crippen LogP contribution in [0.3, 0.4) is 0 Å². The van der Waals surface area contributed by atoms with Crippen molar-refractivity contribution in [2.45, 2.75) is 12.1 Å². The highest BCUT2D eigenvalue weighted by Gasteiger charge is 2.36. The van der Waals surface area contributed by atoms with Gasteiger partial charge in [0.25, 0.3) is 0 Å². The first-order chi connectivity index (χ1) is 6.50. The van der Waals surface area contributed by atoms with Crippen molar-refractivity contribution in [3.8, 4) is 5.88 Å². The van der Waals surface area contributed by atoms with Crippen LogP contribution in [0.2, 0.25) is 0 Å². The SMILES string of the molecule is COc1ncnc(C(F)(F)F)c1CCl. The molecule has 1 rings (SSSR count). The number of rotatable bonds is 2. The fourth-order valence-corrected chi connectivity index (χ4v) is 1.18. The molecule has 0 unspecified atom stereocenters. The lowest BCUT2D eigenvalue weighted by atomic mass is 10.2. The Hall–Kier alpha value is -1.04. The standard InChI is InChI=1S/C7H6ClF3N2O/c1-14-6-4(2-8)5(7(9,10)11)12-3-13-6/h3H,2H2,1H3. The largest absolute Gasteiger partial charge is 0.481 e. The lowest BCUT2D eigenvalue weighted by molar-refractivity contribution is -0.141. The van der Waals surface area contributed by atoms with Gasteiger partial charge < -0.3 is 4.74 Å². The van der Waals surface area contributed by atoms with Crippen LogP contribution in [0.1, 0.15) is 11.3 Å². The summed E-state index contributed by atoms with van der Waals surface area (Å²) in [6, 6.07) is 0. The van der Waals surface area contributed by atoms with E-state index in [1.165, 1.54) is 7.11 Å². The molecule has 1 heterocycles. The lowest BCUT2D eigenvalue weighted by Crippen LogP contribution is -2.13. The highest BCUT2D eigenvalue weighted by molar-refractivity contribution is 6.17. The van der Waals surface area contributed by atoms with Gasteiger partial charge in [-0.2, -0.15) is 13.2 Å². The lowest BCUT2D eigenvalue weighted by Gasteiger charge is -2.11. The van der Waals surface area contributed by atoms with Crippen LogP contribution >= 0.6 is 11.6 Å². The summed E-state index contributed by atoms with van der Waals surface area (Å²) < 4.78 is 41.7. The molecule has 7 heteroatoms. The van der Waals surface area contributed by atoms with Crippen LogP contribution in [0.4, 0.5) is 13.2 Å². The summed E-state index contributed by atoms with van der Waals surface area (Å²) in [7, 11) is 1.22. The number of nitrogens with zero attached hydrogens (tertiary/aromatic N) is 2. The van der Waals surface area contributed by atoms with Gasteiger partial charge in [0.15, 0.2) is 5.69 Å². The highest BCUT2D eigenvalue weighted by atomic mass is 35.5. The zero-order chi connectivity index (χ0) is 10.8. The normalized spacial score (nSPS) is 11.5. The summed E-state index contributed by atoms with van der Waals surface area (Å²) in [5.74, 6) is -0.499. The van der Waals surface area contributed by atoms with E-state index in [0.717, 1.165) is 6.33 Å². The van der Waals surface area contributed by atoms with Gasteiger partial charge >= 0.3 is 6.18 Å². The predicted molar refractivity (Wildman–Crippen MR) is 43.1 cm³/mol. The van der Waals surface area contributed by atoms with Crippen molar-refractivity contribution in [2.75, 3.05) is 7.11 Å². The Labute approximate surface area is 82.9 Å². The Kier molecular flexibility index (Phi) is 3.15. The van der Waals surface area contributed by atoms with Gasteiger partial charge in [0.05, 0.1) is 18.6 Å². The van der Waals surface area contributed by atoms with Crippen LogP contribution in [0.15, 0.2) is 6.33 Å². The summed E-state index contributed by atoms with van der Waals surface area (Å²) in [6.45, 7) is 0. The fourth-order valence-electron chi connectivity index (χ4n) is 0.937. The molecular formula is C7H6ClF3N2O. The quantitative estimate of drug-likeness (QED) is 0.726. The molecule has 0 saturated carbocycles. The number of hydrogen-bond donors (Lipinski definition) is 0. The van der Waals surface area contributed by atoms with Crippen LogP contribution in [0.5, 0.6) is 5.88 Å². The molecule has 3 nitrogen and oxygen atoms in total. The minimum atomic E-state index is -4.54. The van der Waals surface area contributed by atoms with Crippen LogP contribution < -0.4 is 4.74 Å². The van der Waals surface area contributed by atoms with Crippen molar-refractivity contribution in [3.05, 3.63) is 17.6 Å². The van der Waals surface area contributed by atoms with Gasteiger partial charge in [-0.3, -0.25) is 0 Å². The molecule has 0 aliphatic carbocycles. The van der Waals surface area contributed by atoms with E-state index < -0.39 is 11.9 Å². The van der Waals surface area contributed by atoms with Gasteiger partial charge in [-0.05, 0) is 0 Å². The third-order valence-corrected chi connectivity index (χ3v) is 1.77. The minimum Gasteiger partial charge on any atom is -0.481 e. The molecule has 0 aliphatic heterocycles. The molecule has 1 aromatic heterocycles. The van der Waals surface area contributed by atoms with E-state index in [9.17, 15) is 13.2 Å². The zero-order valence-corrected chi connectivity index (χ0v) is 7.85. The van der Waals surface area contributed by atoms with Gasteiger partial charge in [-0.25, -0.2) is 9.97 Å². The van der Waals surface area contributed by atoms with E-state index in [1.807, 2.05) is 0 Å². The fraction of sp³-hybridized carbons (Fsp3) is 0.429. The Morgan fingerprint density at radius 3 is 2.50 bits per heavy atom. The molecule has 0 saturated heterocycles. The Bertz CT molecular complexity index is 329. The van der Waals surface area contributed by atoms with Crippen LogP contribution in [0.25, 0.3) is 0 Å². The maximum Gasteiger partial charge on any atom is 0.433 e. The first-order valence-electron chi connectivity index (χ1n) is 3.51. The zero-order valence-electron chi connectivity index (χ0n) is 7.10. The number of hydrogen-bond acceptors (Lipinski definition) is 3. The second-order valence-electron chi connectivity index (χ2n) is 2.34. The van der Waals surface area contributed by atoms with E-state index in [2.05, 4.69) is 14.7 Å². The van der Waals surface area contributed by atoms with Gasteiger partial charge in [0.2, 0.25) is 5.88 Å². The third-order valence-electron chi connectivity index (χ3n) is 1.50. The molecule has 1 aromatic rings. The molecule has 14 heavy (non-hydrogen) atoms. The summed E-state index contributed by atoms with van der Waals surface area (Å²) in [5, 5.41) is 0. The van der Waals surface area contributed by atoms with Crippen LogP contribution in [-0.2, 0) is 12.1 Å². The van der Waals surface area contributed by atoms with Crippen molar-refractivity contribution in [3.63, 3.8) is 0 Å². The van der Waals surface area contributed by atoms with E-state index in [0.29, 0.717) is 0 Å². The van der Waals surface area contributed by atoms with E-state index in [-0.39, 0.29) is 17.3 Å². The average molecular weight is 227 g/mol. The first kappa shape index (κ1) is 11.0. The molecule has 0 aromatic carbocycles. The molecule has 0 spiro atoms. The minimum absolute atomic E-state index is 0.151. The molecule has 0 atom stereocenters. The maximum atomic E-state index is 12.3. The maximum absolute atomic E-state index is 12.3. The predicted octanol–water partition coefficient (Wildman–Crippen LogP) is 2.24. The molecule has 0 aliphatic rings. The number of alkyl halides is 4. The van der Waals surface area contributed by atoms with Crippen LogP contribution in [0, 0.1) is 0 Å². The van der Waals surface area contributed by atoms with Crippen LogP contribution in [-0.4, -0.2) is 17.1 Å². The Morgan fingerprint density at radius 2 is 2.07 bits per heavy atom. The summed E-state index contributed by atoms with van der Waals surface area (Å²) in [6.07, 6.45) is -3.75. The summed E-state index contributed by atoms with van der Waals surface area (Å²) in [5.41, 5.74) is -1.30. The van der Waals surface area contributed by atoms with E-state index in [1.54, 1.807) is 0 Å². The summed E-state index contributed by atoms with van der Waals surface area (Å²) >= 11 is 5.36. The molecule has 0 radical (unpaired) electrons. The molecule has 0 N–H and O–H groups in total. The molecule has 0 amide bonds. The highest BCUT2D eigenvalue weighted by Crippen LogP contribution is 2.33. The molecule has 78 valence electrons. The van der Waals surface area contributed by atoms with Gasteiger partial charge in [0, 0.05) is 0 Å². The number of ether oxygens (including phenoxy) is 1. The third kappa shape index (κ3) is 2.06. The Balaban J connectivity index is 3.29. The van der Waals surface area contributed by atoms with E-state index >= 15 is 0 Å². The number of methoxy groups -OCH3 is 1. The molecule has 0 bridgehead atoms. The second kappa shape index (κ2) is 4.00. The van der Waals surface area contributed by atoms with Crippen molar-refractivity contribution in [1.29, 1.82) is 0 Å². The van der Waals surface area contributed by atoms with Crippen molar-refractivity contribution in [2.24, 2.45) is 0 Å².